The van der Waals surface area contributed by atoms with E-state index in [1.807, 2.05) is 18.5 Å². The van der Waals surface area contributed by atoms with Crippen LogP contribution in [0.5, 0.6) is 0 Å². The number of unbranched alkanes of at least 4 members (excludes halogenated alkanes) is 1. The highest BCUT2D eigenvalue weighted by molar-refractivity contribution is 6.42. The largest absolute Gasteiger partial charge is 0.331 e. The summed E-state index contributed by atoms with van der Waals surface area (Å²) in [6.07, 6.45) is 4.15. The van der Waals surface area contributed by atoms with E-state index in [1.165, 1.54) is 6.42 Å². The van der Waals surface area contributed by atoms with Gasteiger partial charge in [-0.15, -0.1) is 0 Å². The average Bonchev–Trinajstić information content (AvgIpc) is 2.59. The molecule has 1 heterocycles. The molecule has 1 aromatic carbocycles. The molecule has 2 rings (SSSR count). The highest BCUT2D eigenvalue weighted by Gasteiger charge is 2.06. The highest BCUT2D eigenvalue weighted by atomic mass is 35.5. The number of nitrogens with zero attached hydrogens (tertiary/aromatic N) is 2. The first-order valence-electron chi connectivity index (χ1n) is 5.02. The van der Waals surface area contributed by atoms with E-state index in [1.54, 1.807) is 0 Å². The van der Waals surface area contributed by atoms with Gasteiger partial charge in [0.25, 0.3) is 0 Å². The molecule has 0 saturated heterocycles. The van der Waals surface area contributed by atoms with Crippen LogP contribution in [0.4, 0.5) is 0 Å². The van der Waals surface area contributed by atoms with Gasteiger partial charge >= 0.3 is 0 Å². The monoisotopic (exact) mass is 242 g/mol. The van der Waals surface area contributed by atoms with Crippen LogP contribution >= 0.6 is 23.2 Å². The molecule has 0 N–H and O–H groups in total. The van der Waals surface area contributed by atoms with Crippen LogP contribution in [-0.4, -0.2) is 9.55 Å². The first-order valence-corrected chi connectivity index (χ1v) is 5.78. The van der Waals surface area contributed by atoms with Crippen LogP contribution < -0.4 is 0 Å². The van der Waals surface area contributed by atoms with Crippen LogP contribution in [0, 0.1) is 0 Å². The number of benzene rings is 1. The van der Waals surface area contributed by atoms with E-state index in [0.29, 0.717) is 10.0 Å². The van der Waals surface area contributed by atoms with Gasteiger partial charge in [-0.1, -0.05) is 36.5 Å². The summed E-state index contributed by atoms with van der Waals surface area (Å²) in [7, 11) is 0. The lowest BCUT2D eigenvalue weighted by atomic mass is 10.3. The van der Waals surface area contributed by atoms with Crippen LogP contribution in [-0.2, 0) is 6.54 Å². The van der Waals surface area contributed by atoms with Crippen LogP contribution in [0.3, 0.4) is 0 Å². The lowest BCUT2D eigenvalue weighted by Gasteiger charge is -2.03. The average molecular weight is 243 g/mol. The normalized spacial score (nSPS) is 11.1. The molecule has 15 heavy (non-hydrogen) atoms. The summed E-state index contributed by atoms with van der Waals surface area (Å²) in [4.78, 5) is 4.29. The molecule has 0 amide bonds. The summed E-state index contributed by atoms with van der Waals surface area (Å²) >= 11 is 11.9. The van der Waals surface area contributed by atoms with Crippen LogP contribution in [0.2, 0.25) is 10.0 Å². The Hall–Kier alpha value is -0.730. The molecule has 0 spiro atoms. The zero-order chi connectivity index (χ0) is 10.8. The highest BCUT2D eigenvalue weighted by Crippen LogP contribution is 2.27. The molecule has 1 aromatic heterocycles. The molecule has 4 heteroatoms. The summed E-state index contributed by atoms with van der Waals surface area (Å²) in [5, 5.41) is 1.15. The quantitative estimate of drug-likeness (QED) is 0.791. The van der Waals surface area contributed by atoms with Crippen molar-refractivity contribution in [2.45, 2.75) is 26.3 Å². The zero-order valence-electron chi connectivity index (χ0n) is 8.50. The van der Waals surface area contributed by atoms with Crippen LogP contribution in [0.25, 0.3) is 11.0 Å². The van der Waals surface area contributed by atoms with Gasteiger partial charge in [-0.2, -0.15) is 0 Å². The van der Waals surface area contributed by atoms with Crippen molar-refractivity contribution in [2.24, 2.45) is 0 Å². The van der Waals surface area contributed by atoms with Crippen molar-refractivity contribution in [3.05, 3.63) is 28.5 Å². The molecule has 0 aliphatic carbocycles. The van der Waals surface area contributed by atoms with Crippen molar-refractivity contribution in [3.8, 4) is 0 Å². The third-order valence-corrected chi connectivity index (χ3v) is 3.14. The fourth-order valence-corrected chi connectivity index (χ4v) is 1.88. The lowest BCUT2D eigenvalue weighted by molar-refractivity contribution is 0.646. The van der Waals surface area contributed by atoms with E-state index in [9.17, 15) is 0 Å². The number of rotatable bonds is 3. The SMILES string of the molecule is CCCCn1cnc2cc(Cl)c(Cl)cc21. The van der Waals surface area contributed by atoms with E-state index in [2.05, 4.69) is 16.5 Å². The van der Waals surface area contributed by atoms with Crippen molar-refractivity contribution >= 4 is 34.2 Å². The maximum absolute atomic E-state index is 5.98. The van der Waals surface area contributed by atoms with Gasteiger partial charge in [0, 0.05) is 6.54 Å². The third kappa shape index (κ3) is 2.11. The van der Waals surface area contributed by atoms with Crippen molar-refractivity contribution < 1.29 is 0 Å². The van der Waals surface area contributed by atoms with E-state index in [-0.39, 0.29) is 0 Å². The summed E-state index contributed by atoms with van der Waals surface area (Å²) in [5.74, 6) is 0. The Morgan fingerprint density at radius 3 is 2.73 bits per heavy atom. The van der Waals surface area contributed by atoms with Gasteiger partial charge in [0.2, 0.25) is 0 Å². The molecular weight excluding hydrogens is 231 g/mol. The van der Waals surface area contributed by atoms with Crippen molar-refractivity contribution in [1.82, 2.24) is 9.55 Å². The smallest absolute Gasteiger partial charge is 0.0958 e. The summed E-state index contributed by atoms with van der Waals surface area (Å²) in [6, 6.07) is 3.68. The molecule has 0 aliphatic heterocycles. The molecule has 0 bridgehead atoms. The standard InChI is InChI=1S/C11H12Cl2N2/c1-2-3-4-15-7-14-10-5-8(12)9(13)6-11(10)15/h5-7H,2-4H2,1H3. The number of halogens is 2. The molecule has 0 atom stereocenters. The second-order valence-corrected chi connectivity index (χ2v) is 4.36. The summed E-state index contributed by atoms with van der Waals surface area (Å²) in [6.45, 7) is 3.15. The fourth-order valence-electron chi connectivity index (χ4n) is 1.56. The minimum atomic E-state index is 0.560. The number of hydrogen-bond acceptors (Lipinski definition) is 1. The zero-order valence-corrected chi connectivity index (χ0v) is 10.0. The number of hydrogen-bond donors (Lipinski definition) is 0. The van der Waals surface area contributed by atoms with Gasteiger partial charge in [0.15, 0.2) is 0 Å². The van der Waals surface area contributed by atoms with Gasteiger partial charge in [-0.05, 0) is 18.6 Å². The lowest BCUT2D eigenvalue weighted by Crippen LogP contribution is -1.94. The summed E-state index contributed by atoms with van der Waals surface area (Å²) < 4.78 is 2.11. The van der Waals surface area contributed by atoms with E-state index < -0.39 is 0 Å². The number of aromatic nitrogens is 2. The minimum absolute atomic E-state index is 0.560. The van der Waals surface area contributed by atoms with Gasteiger partial charge in [-0.3, -0.25) is 0 Å². The molecule has 2 aromatic rings. The molecule has 0 fully saturated rings. The maximum atomic E-state index is 5.98. The molecule has 0 radical (unpaired) electrons. The fraction of sp³-hybridized carbons (Fsp3) is 0.364. The molecule has 0 aliphatic rings. The maximum Gasteiger partial charge on any atom is 0.0958 e. The Labute approximate surface area is 98.8 Å². The second kappa shape index (κ2) is 4.42. The predicted octanol–water partition coefficient (Wildman–Crippen LogP) is 4.14. The Morgan fingerprint density at radius 2 is 2.00 bits per heavy atom. The Bertz CT molecular complexity index is 477. The van der Waals surface area contributed by atoms with Gasteiger partial charge in [-0.25, -0.2) is 4.98 Å². The first kappa shape index (κ1) is 10.8. The molecular formula is C11H12Cl2N2. The Balaban J connectivity index is 2.45. The Morgan fingerprint density at radius 1 is 1.27 bits per heavy atom. The number of aryl methyl sites for hydroxylation is 1. The second-order valence-electron chi connectivity index (χ2n) is 3.55. The number of imidazole rings is 1. The Kier molecular flexibility index (Phi) is 3.17. The molecule has 2 nitrogen and oxygen atoms in total. The van der Waals surface area contributed by atoms with Crippen LogP contribution in [0.15, 0.2) is 18.5 Å². The summed E-state index contributed by atoms with van der Waals surface area (Å²) in [5.41, 5.74) is 1.96. The molecule has 0 unspecified atom stereocenters. The van der Waals surface area contributed by atoms with E-state index in [4.69, 9.17) is 23.2 Å². The molecule has 80 valence electrons. The first-order chi connectivity index (χ1) is 7.22. The van der Waals surface area contributed by atoms with Gasteiger partial charge in [0.1, 0.15) is 0 Å². The number of fused-ring (bicyclic) bond motifs is 1. The van der Waals surface area contributed by atoms with E-state index in [0.717, 1.165) is 24.0 Å². The van der Waals surface area contributed by atoms with Crippen molar-refractivity contribution in [3.63, 3.8) is 0 Å². The predicted molar refractivity (Wildman–Crippen MR) is 64.7 cm³/mol. The topological polar surface area (TPSA) is 17.8 Å². The van der Waals surface area contributed by atoms with Gasteiger partial charge in [0.05, 0.1) is 27.4 Å². The minimum Gasteiger partial charge on any atom is -0.331 e. The van der Waals surface area contributed by atoms with Crippen molar-refractivity contribution in [2.75, 3.05) is 0 Å². The van der Waals surface area contributed by atoms with Crippen molar-refractivity contribution in [1.29, 1.82) is 0 Å². The molecule has 0 saturated carbocycles. The van der Waals surface area contributed by atoms with Gasteiger partial charge < -0.3 is 4.57 Å². The van der Waals surface area contributed by atoms with E-state index >= 15 is 0 Å². The third-order valence-electron chi connectivity index (χ3n) is 2.42. The van der Waals surface area contributed by atoms with Crippen LogP contribution in [0.1, 0.15) is 19.8 Å².